The van der Waals surface area contributed by atoms with Gasteiger partial charge in [0.15, 0.2) is 0 Å². The number of carbonyl (C=O) groups excluding carboxylic acids is 1. The van der Waals surface area contributed by atoms with Gasteiger partial charge in [-0.2, -0.15) is 0 Å². The van der Waals surface area contributed by atoms with Gasteiger partial charge >= 0.3 is 5.97 Å². The molecule has 2 fully saturated rings. The van der Waals surface area contributed by atoms with Crippen LogP contribution in [0.5, 0.6) is 0 Å². The first kappa shape index (κ1) is 21.8. The van der Waals surface area contributed by atoms with Gasteiger partial charge in [0.1, 0.15) is 4.93 Å². The number of allylic oxidation sites excluding steroid dienone is 2. The van der Waals surface area contributed by atoms with Crippen molar-refractivity contribution in [3.05, 3.63) is 12.2 Å². The van der Waals surface area contributed by atoms with Crippen molar-refractivity contribution in [1.29, 1.82) is 0 Å². The van der Waals surface area contributed by atoms with E-state index in [4.69, 9.17) is 0 Å². The SMILES string of the molecule is CCCCCC1(O)CC[C@@H]2[C@@H](CC=CCCCC(=O)OC)[C@@H](O)C[C@H]2S1. The third-order valence-corrected chi connectivity index (χ3v) is 7.65. The highest BCUT2D eigenvalue weighted by Crippen LogP contribution is 2.54. The summed E-state index contributed by atoms with van der Waals surface area (Å²) < 4.78 is 4.64. The third kappa shape index (κ3) is 6.28. The molecule has 5 heteroatoms. The topological polar surface area (TPSA) is 66.8 Å². The molecule has 0 aromatic carbocycles. The molecule has 1 saturated carbocycles. The molecule has 0 radical (unpaired) electrons. The number of esters is 1. The zero-order valence-corrected chi connectivity index (χ0v) is 17.2. The molecule has 2 aliphatic rings. The number of unbranched alkanes of at least 4 members (excludes halogenated alkanes) is 3. The Labute approximate surface area is 162 Å². The predicted molar refractivity (Wildman–Crippen MR) is 107 cm³/mol. The minimum absolute atomic E-state index is 0.155. The van der Waals surface area contributed by atoms with Crippen LogP contribution >= 0.6 is 11.8 Å². The Bertz CT molecular complexity index is 467. The lowest BCUT2D eigenvalue weighted by atomic mass is 9.86. The van der Waals surface area contributed by atoms with Crippen molar-refractivity contribution in [2.45, 2.75) is 93.8 Å². The van der Waals surface area contributed by atoms with Crippen LogP contribution in [0.15, 0.2) is 12.2 Å². The molecule has 26 heavy (non-hydrogen) atoms. The van der Waals surface area contributed by atoms with Gasteiger partial charge in [0.2, 0.25) is 0 Å². The van der Waals surface area contributed by atoms with E-state index < -0.39 is 4.93 Å². The summed E-state index contributed by atoms with van der Waals surface area (Å²) in [5, 5.41) is 21.8. The van der Waals surface area contributed by atoms with Gasteiger partial charge in [-0.3, -0.25) is 4.79 Å². The Morgan fingerprint density at radius 3 is 2.85 bits per heavy atom. The van der Waals surface area contributed by atoms with Crippen LogP contribution in [-0.4, -0.2) is 39.6 Å². The highest BCUT2D eigenvalue weighted by atomic mass is 32.2. The van der Waals surface area contributed by atoms with E-state index in [0.717, 1.165) is 51.4 Å². The summed E-state index contributed by atoms with van der Waals surface area (Å²) in [6.45, 7) is 2.19. The van der Waals surface area contributed by atoms with Gasteiger partial charge in [-0.25, -0.2) is 0 Å². The summed E-state index contributed by atoms with van der Waals surface area (Å²) >= 11 is 1.74. The molecule has 1 heterocycles. The fraction of sp³-hybridized carbons (Fsp3) is 0.857. The Balaban J connectivity index is 1.76. The monoisotopic (exact) mass is 384 g/mol. The fourth-order valence-electron chi connectivity index (χ4n) is 4.42. The van der Waals surface area contributed by atoms with Crippen LogP contribution in [0.3, 0.4) is 0 Å². The number of carbonyl (C=O) groups is 1. The number of fused-ring (bicyclic) bond motifs is 1. The van der Waals surface area contributed by atoms with Crippen LogP contribution in [0.4, 0.5) is 0 Å². The smallest absolute Gasteiger partial charge is 0.305 e. The summed E-state index contributed by atoms with van der Waals surface area (Å²) in [5.41, 5.74) is 0. The summed E-state index contributed by atoms with van der Waals surface area (Å²) in [5.74, 6) is 0.670. The van der Waals surface area contributed by atoms with Crippen molar-refractivity contribution in [3.63, 3.8) is 0 Å². The minimum Gasteiger partial charge on any atom is -0.469 e. The van der Waals surface area contributed by atoms with Gasteiger partial charge in [0, 0.05) is 11.7 Å². The molecule has 5 atom stereocenters. The molecule has 1 unspecified atom stereocenters. The number of hydrogen-bond acceptors (Lipinski definition) is 5. The van der Waals surface area contributed by atoms with Crippen molar-refractivity contribution in [2.75, 3.05) is 7.11 Å². The van der Waals surface area contributed by atoms with Gasteiger partial charge in [-0.1, -0.05) is 31.9 Å². The van der Waals surface area contributed by atoms with Gasteiger partial charge < -0.3 is 14.9 Å². The Hall–Kier alpha value is -0.520. The first-order valence-electron chi connectivity index (χ1n) is 10.3. The highest BCUT2D eigenvalue weighted by molar-refractivity contribution is 8.01. The molecule has 1 aliphatic heterocycles. The lowest BCUT2D eigenvalue weighted by molar-refractivity contribution is -0.140. The summed E-state index contributed by atoms with van der Waals surface area (Å²) in [4.78, 5) is 10.5. The van der Waals surface area contributed by atoms with E-state index in [0.29, 0.717) is 23.5 Å². The second-order valence-corrected chi connectivity index (χ2v) is 9.51. The molecule has 0 amide bonds. The molecule has 4 nitrogen and oxygen atoms in total. The molecule has 0 aromatic rings. The Kier molecular flexibility index (Phi) is 8.98. The van der Waals surface area contributed by atoms with Gasteiger partial charge in [0.25, 0.3) is 0 Å². The standard InChI is InChI=1S/C21H36O4S/c1-3-4-9-13-21(24)14-12-17-16(18(22)15-19(17)26-21)10-7-5-6-8-11-20(23)25-2/h5,7,16-19,22,24H,3-4,6,8-15H2,1-2H3/t16-,17-,18+,19-,21?/m1/s1. The maximum atomic E-state index is 11.1. The molecule has 2 rings (SSSR count). The van der Waals surface area contributed by atoms with Crippen LogP contribution in [0.1, 0.15) is 77.6 Å². The van der Waals surface area contributed by atoms with E-state index in [-0.39, 0.29) is 12.1 Å². The van der Waals surface area contributed by atoms with Crippen molar-refractivity contribution in [1.82, 2.24) is 0 Å². The quantitative estimate of drug-likeness (QED) is 0.331. The van der Waals surface area contributed by atoms with Crippen LogP contribution < -0.4 is 0 Å². The molecule has 0 bridgehead atoms. The number of rotatable bonds is 10. The molecular weight excluding hydrogens is 348 g/mol. The minimum atomic E-state index is -0.575. The predicted octanol–water partition coefficient (Wildman–Crippen LogP) is 4.44. The van der Waals surface area contributed by atoms with Crippen LogP contribution in [-0.2, 0) is 9.53 Å². The van der Waals surface area contributed by atoms with E-state index in [1.165, 1.54) is 20.0 Å². The van der Waals surface area contributed by atoms with Crippen LogP contribution in [0.25, 0.3) is 0 Å². The number of methoxy groups -OCH3 is 1. The van der Waals surface area contributed by atoms with Gasteiger partial charge in [-0.15, -0.1) is 11.8 Å². The van der Waals surface area contributed by atoms with Crippen molar-refractivity contribution in [2.24, 2.45) is 11.8 Å². The molecular formula is C21H36O4S. The first-order valence-corrected chi connectivity index (χ1v) is 11.2. The molecule has 2 N–H and O–H groups in total. The number of aliphatic hydroxyl groups is 2. The zero-order chi connectivity index (χ0) is 19.0. The Morgan fingerprint density at radius 1 is 1.31 bits per heavy atom. The number of hydrogen-bond donors (Lipinski definition) is 2. The lowest BCUT2D eigenvalue weighted by Crippen LogP contribution is -2.36. The number of aliphatic hydroxyl groups excluding tert-OH is 1. The van der Waals surface area contributed by atoms with Crippen LogP contribution in [0, 0.1) is 11.8 Å². The van der Waals surface area contributed by atoms with Crippen molar-refractivity contribution >= 4 is 17.7 Å². The lowest BCUT2D eigenvalue weighted by Gasteiger charge is -2.39. The van der Waals surface area contributed by atoms with E-state index >= 15 is 0 Å². The number of ether oxygens (including phenoxy) is 1. The van der Waals surface area contributed by atoms with E-state index in [1.807, 2.05) is 0 Å². The molecule has 0 spiro atoms. The largest absolute Gasteiger partial charge is 0.469 e. The van der Waals surface area contributed by atoms with Crippen molar-refractivity contribution in [3.8, 4) is 0 Å². The van der Waals surface area contributed by atoms with E-state index in [1.54, 1.807) is 11.8 Å². The zero-order valence-electron chi connectivity index (χ0n) is 16.4. The third-order valence-electron chi connectivity index (χ3n) is 5.96. The van der Waals surface area contributed by atoms with Gasteiger partial charge in [-0.05, 0) is 63.2 Å². The molecule has 150 valence electrons. The molecule has 1 aliphatic carbocycles. The van der Waals surface area contributed by atoms with Crippen LogP contribution in [0.2, 0.25) is 0 Å². The maximum absolute atomic E-state index is 11.1. The summed E-state index contributed by atoms with van der Waals surface area (Å²) in [6.07, 6.45) is 14.1. The average Bonchev–Trinajstić information content (AvgIpc) is 2.91. The van der Waals surface area contributed by atoms with Crippen molar-refractivity contribution < 1.29 is 19.7 Å². The normalized spacial score (nSPS) is 34.2. The van der Waals surface area contributed by atoms with Gasteiger partial charge in [0.05, 0.1) is 13.2 Å². The van der Waals surface area contributed by atoms with E-state index in [2.05, 4.69) is 23.8 Å². The number of thioether (sulfide) groups is 1. The summed E-state index contributed by atoms with van der Waals surface area (Å²) in [7, 11) is 1.42. The molecule has 1 saturated heterocycles. The second kappa shape index (κ2) is 10.7. The average molecular weight is 385 g/mol. The second-order valence-electron chi connectivity index (χ2n) is 7.90. The fourth-order valence-corrected chi connectivity index (χ4v) is 6.29. The Morgan fingerprint density at radius 2 is 2.12 bits per heavy atom. The first-order chi connectivity index (χ1) is 12.5. The summed E-state index contributed by atoms with van der Waals surface area (Å²) in [6, 6.07) is 0. The highest BCUT2D eigenvalue weighted by Gasteiger charge is 2.49. The van der Waals surface area contributed by atoms with E-state index in [9.17, 15) is 15.0 Å². The maximum Gasteiger partial charge on any atom is 0.305 e. The molecule has 0 aromatic heterocycles.